The molecule has 10 heteroatoms. The number of ether oxygens (including phenoxy) is 1. The molecule has 1 aromatic rings. The van der Waals surface area contributed by atoms with E-state index in [0.717, 1.165) is 10.5 Å². The van der Waals surface area contributed by atoms with Crippen molar-refractivity contribution in [1.29, 1.82) is 0 Å². The molecule has 30 heavy (non-hydrogen) atoms. The van der Waals surface area contributed by atoms with E-state index in [1.807, 2.05) is 6.07 Å². The lowest BCUT2D eigenvalue weighted by atomic mass is 10.0. The van der Waals surface area contributed by atoms with Crippen LogP contribution in [0.4, 0.5) is 0 Å². The topological polar surface area (TPSA) is 110 Å². The third kappa shape index (κ3) is 4.44. The van der Waals surface area contributed by atoms with Crippen LogP contribution < -0.4 is 5.32 Å². The van der Waals surface area contributed by atoms with Crippen LogP contribution in [-0.4, -0.2) is 59.2 Å². The van der Waals surface area contributed by atoms with E-state index < -0.39 is 50.4 Å². The fraction of sp³-hybridized carbons (Fsp3) is 0.450. The highest BCUT2D eigenvalue weighted by molar-refractivity contribution is 9.09. The number of carbonyl (C=O) groups excluding carboxylic acids is 3. The molecule has 1 N–H and O–H groups in total. The molecular formula is C20H23BrN2O6S. The lowest BCUT2D eigenvalue weighted by Crippen LogP contribution is -2.75. The van der Waals surface area contributed by atoms with Crippen LogP contribution in [0, 0.1) is 0 Å². The Morgan fingerprint density at radius 1 is 1.23 bits per heavy atom. The molecule has 0 saturated carbocycles. The quantitative estimate of drug-likeness (QED) is 0.372. The summed E-state index contributed by atoms with van der Waals surface area (Å²) in [6.45, 7) is 5.04. The van der Waals surface area contributed by atoms with Gasteiger partial charge < -0.3 is 10.1 Å². The summed E-state index contributed by atoms with van der Waals surface area (Å²) in [6, 6.07) is 7.67. The zero-order chi connectivity index (χ0) is 22.3. The van der Waals surface area contributed by atoms with E-state index in [1.54, 1.807) is 45.0 Å². The summed E-state index contributed by atoms with van der Waals surface area (Å²) in [5.74, 6) is -2.28. The average Bonchev–Trinajstić information content (AvgIpc) is 2.64. The summed E-state index contributed by atoms with van der Waals surface area (Å²) in [4.78, 5) is 38.8. The molecule has 2 amide bonds. The number of sulfone groups is 1. The number of alkyl halides is 1. The minimum absolute atomic E-state index is 0.0127. The minimum atomic E-state index is -3.80. The Hall–Kier alpha value is -2.20. The van der Waals surface area contributed by atoms with Gasteiger partial charge in [0.25, 0.3) is 5.91 Å². The maximum atomic E-state index is 12.8. The molecule has 1 fully saturated rings. The van der Waals surface area contributed by atoms with E-state index in [0.29, 0.717) is 0 Å². The van der Waals surface area contributed by atoms with Crippen molar-refractivity contribution in [3.63, 3.8) is 0 Å². The number of β-lactam (4-membered cyclic amide) rings is 1. The molecule has 0 unspecified atom stereocenters. The van der Waals surface area contributed by atoms with Crippen LogP contribution in [-0.2, 0) is 35.4 Å². The molecule has 0 aliphatic carbocycles. The normalized spacial score (nSPS) is 22.8. The first kappa shape index (κ1) is 22.5. The number of esters is 1. The third-order valence-corrected chi connectivity index (χ3v) is 7.29. The second-order valence-corrected chi connectivity index (χ2v) is 10.9. The third-order valence-electron chi connectivity index (χ3n) is 4.64. The largest absolute Gasteiger partial charge is 0.455 e. The summed E-state index contributed by atoms with van der Waals surface area (Å²) in [5.41, 5.74) is 0.106. The van der Waals surface area contributed by atoms with Crippen LogP contribution >= 0.6 is 15.9 Å². The van der Waals surface area contributed by atoms with E-state index in [-0.39, 0.29) is 23.0 Å². The molecule has 0 radical (unpaired) electrons. The average molecular weight is 499 g/mol. The van der Waals surface area contributed by atoms with E-state index in [2.05, 4.69) is 21.2 Å². The number of nitrogens with zero attached hydrogens (tertiary/aromatic N) is 1. The fourth-order valence-electron chi connectivity index (χ4n) is 3.45. The number of nitrogens with one attached hydrogen (secondary N) is 1. The molecule has 2 aliphatic rings. The Bertz CT molecular complexity index is 1010. The van der Waals surface area contributed by atoms with Crippen molar-refractivity contribution in [3.05, 3.63) is 47.2 Å². The molecule has 162 valence electrons. The Kier molecular flexibility index (Phi) is 6.10. The SMILES string of the molecule is CC(C)(C)OC(=O)C1=C(CBr)CS(=O)(=O)[C@@H]2[C@H](NC(=O)Cc3ccccc3)C(=O)N12. The lowest BCUT2D eigenvalue weighted by Gasteiger charge is -2.49. The van der Waals surface area contributed by atoms with Gasteiger partial charge in [0, 0.05) is 5.33 Å². The summed E-state index contributed by atoms with van der Waals surface area (Å²) in [5, 5.41) is 1.29. The maximum Gasteiger partial charge on any atom is 0.355 e. The number of carbonyl (C=O) groups is 3. The summed E-state index contributed by atoms with van der Waals surface area (Å²) in [7, 11) is -3.80. The van der Waals surface area contributed by atoms with Crippen molar-refractivity contribution in [3.8, 4) is 0 Å². The Morgan fingerprint density at radius 2 is 1.87 bits per heavy atom. The Labute approximate surface area is 183 Å². The molecule has 0 aromatic heterocycles. The highest BCUT2D eigenvalue weighted by Crippen LogP contribution is 2.38. The molecule has 0 spiro atoms. The molecule has 0 bridgehead atoms. The number of benzene rings is 1. The van der Waals surface area contributed by atoms with Crippen LogP contribution in [0.15, 0.2) is 41.6 Å². The van der Waals surface area contributed by atoms with E-state index >= 15 is 0 Å². The number of hydrogen-bond donors (Lipinski definition) is 1. The first-order chi connectivity index (χ1) is 13.9. The summed E-state index contributed by atoms with van der Waals surface area (Å²) < 4.78 is 31.0. The van der Waals surface area contributed by atoms with Crippen molar-refractivity contribution in [2.75, 3.05) is 11.1 Å². The molecule has 2 atom stereocenters. The number of hydrogen-bond acceptors (Lipinski definition) is 6. The Morgan fingerprint density at radius 3 is 2.43 bits per heavy atom. The highest BCUT2D eigenvalue weighted by Gasteiger charge is 2.60. The number of halogens is 1. The van der Waals surface area contributed by atoms with Gasteiger partial charge in [-0.05, 0) is 31.9 Å². The van der Waals surface area contributed by atoms with Gasteiger partial charge in [0.05, 0.1) is 12.2 Å². The first-order valence-electron chi connectivity index (χ1n) is 9.34. The lowest BCUT2D eigenvalue weighted by molar-refractivity contribution is -0.159. The van der Waals surface area contributed by atoms with Crippen LogP contribution in [0.25, 0.3) is 0 Å². The van der Waals surface area contributed by atoms with Crippen LogP contribution in [0.3, 0.4) is 0 Å². The van der Waals surface area contributed by atoms with Gasteiger partial charge in [-0.1, -0.05) is 46.3 Å². The molecular weight excluding hydrogens is 476 g/mol. The van der Waals surface area contributed by atoms with Gasteiger partial charge in [-0.15, -0.1) is 0 Å². The second kappa shape index (κ2) is 8.14. The maximum absolute atomic E-state index is 12.8. The van der Waals surface area contributed by atoms with Crippen molar-refractivity contribution >= 4 is 43.6 Å². The first-order valence-corrected chi connectivity index (χ1v) is 12.2. The van der Waals surface area contributed by atoms with Gasteiger partial charge in [-0.25, -0.2) is 13.2 Å². The van der Waals surface area contributed by atoms with Crippen LogP contribution in [0.5, 0.6) is 0 Å². The highest BCUT2D eigenvalue weighted by atomic mass is 79.9. The van der Waals surface area contributed by atoms with Gasteiger partial charge in [0.15, 0.2) is 15.2 Å². The minimum Gasteiger partial charge on any atom is -0.455 e. The van der Waals surface area contributed by atoms with Crippen molar-refractivity contribution in [2.24, 2.45) is 0 Å². The number of amides is 2. The molecule has 1 saturated heterocycles. The van der Waals surface area contributed by atoms with Gasteiger partial charge in [-0.2, -0.15) is 0 Å². The number of fused-ring (bicyclic) bond motifs is 1. The zero-order valence-electron chi connectivity index (χ0n) is 16.8. The monoisotopic (exact) mass is 498 g/mol. The standard InChI is InChI=1S/C20H23BrN2O6S/c1-20(2,3)29-19(26)16-13(10-21)11-30(27,28)18-15(17(25)23(16)18)22-14(24)9-12-7-5-4-6-8-12/h4-8,15,18H,9-11H2,1-3H3,(H,22,24)/t15-,18-/m1/s1. The molecule has 3 rings (SSSR count). The summed E-state index contributed by atoms with van der Waals surface area (Å²) >= 11 is 3.20. The molecule has 2 heterocycles. The van der Waals surface area contributed by atoms with Crippen molar-refractivity contribution in [1.82, 2.24) is 10.2 Å². The Balaban J connectivity index is 1.85. The van der Waals surface area contributed by atoms with Crippen LogP contribution in [0.2, 0.25) is 0 Å². The van der Waals surface area contributed by atoms with Gasteiger partial charge in [-0.3, -0.25) is 14.5 Å². The van der Waals surface area contributed by atoms with Gasteiger partial charge >= 0.3 is 5.97 Å². The van der Waals surface area contributed by atoms with E-state index in [9.17, 15) is 22.8 Å². The molecule has 1 aromatic carbocycles. The predicted octanol–water partition coefficient (Wildman–Crippen LogP) is 1.30. The van der Waals surface area contributed by atoms with Crippen molar-refractivity contribution in [2.45, 2.75) is 44.2 Å². The van der Waals surface area contributed by atoms with Gasteiger partial charge in [0.2, 0.25) is 5.91 Å². The zero-order valence-corrected chi connectivity index (χ0v) is 19.2. The summed E-state index contributed by atoms with van der Waals surface area (Å²) in [6.07, 6.45) is 0.0127. The van der Waals surface area contributed by atoms with E-state index in [1.165, 1.54) is 0 Å². The fourth-order valence-corrected chi connectivity index (χ4v) is 6.20. The van der Waals surface area contributed by atoms with Crippen LogP contribution in [0.1, 0.15) is 26.3 Å². The smallest absolute Gasteiger partial charge is 0.355 e. The molecule has 8 nitrogen and oxygen atoms in total. The number of rotatable bonds is 5. The van der Waals surface area contributed by atoms with Gasteiger partial charge in [0.1, 0.15) is 17.3 Å². The van der Waals surface area contributed by atoms with Crippen molar-refractivity contribution < 1.29 is 27.5 Å². The molecule has 2 aliphatic heterocycles. The predicted molar refractivity (Wildman–Crippen MR) is 113 cm³/mol. The van der Waals surface area contributed by atoms with E-state index in [4.69, 9.17) is 4.74 Å². The second-order valence-electron chi connectivity index (χ2n) is 8.20.